The average molecular weight is 925 g/mol. The van der Waals surface area contributed by atoms with Crippen molar-refractivity contribution in [2.45, 2.75) is 174 Å². The highest BCUT2D eigenvalue weighted by Gasteiger charge is 2.07. The zero-order valence-electron chi connectivity index (χ0n) is 40.9. The first-order valence-electron chi connectivity index (χ1n) is 25.2. The first kappa shape index (κ1) is 61.4. The summed E-state index contributed by atoms with van der Waals surface area (Å²) < 4.78 is 21.4. The molecule has 6 N–H and O–H groups in total. The van der Waals surface area contributed by atoms with Crippen molar-refractivity contribution in [3.63, 3.8) is 0 Å². The highest BCUT2D eigenvalue weighted by atomic mass is 16.5. The molecule has 6 amide bonds. The molecule has 65 heavy (non-hydrogen) atoms. The van der Waals surface area contributed by atoms with Crippen LogP contribution in [0.3, 0.4) is 0 Å². The lowest BCUT2D eigenvalue weighted by molar-refractivity contribution is -0.127. The molecule has 0 rings (SSSR count). The number of ether oxygens (including phenoxy) is 4. The van der Waals surface area contributed by atoms with Crippen molar-refractivity contribution < 1.29 is 47.7 Å². The monoisotopic (exact) mass is 925 g/mol. The topological polar surface area (TPSA) is 212 Å². The molecule has 0 atom stereocenters. The van der Waals surface area contributed by atoms with E-state index in [0.717, 1.165) is 32.1 Å². The van der Waals surface area contributed by atoms with Crippen molar-refractivity contribution in [2.24, 2.45) is 0 Å². The quantitative estimate of drug-likeness (QED) is 0.0305. The zero-order valence-corrected chi connectivity index (χ0v) is 40.9. The Bertz CT molecular complexity index is 1220. The highest BCUT2D eigenvalue weighted by Crippen LogP contribution is 2.14. The summed E-state index contributed by atoms with van der Waals surface area (Å²) in [4.78, 5) is 71.9. The van der Waals surface area contributed by atoms with Crippen molar-refractivity contribution in [1.29, 1.82) is 0 Å². The van der Waals surface area contributed by atoms with Crippen LogP contribution in [0.4, 0.5) is 0 Å². The van der Waals surface area contributed by atoms with Crippen LogP contribution in [-0.2, 0) is 47.7 Å². The van der Waals surface area contributed by atoms with Gasteiger partial charge < -0.3 is 50.8 Å². The average Bonchev–Trinajstić information content (AvgIpc) is 3.28. The Labute approximate surface area is 392 Å². The van der Waals surface area contributed by atoms with E-state index in [1.165, 1.54) is 89.0 Å². The number of unbranched alkanes of at least 4 members (excludes halogenated alkanes) is 15. The molecule has 0 aliphatic carbocycles. The van der Waals surface area contributed by atoms with Gasteiger partial charge in [0.25, 0.3) is 0 Å². The van der Waals surface area contributed by atoms with Crippen molar-refractivity contribution >= 4 is 35.4 Å². The van der Waals surface area contributed by atoms with Crippen LogP contribution >= 0.6 is 0 Å². The van der Waals surface area contributed by atoms with E-state index in [4.69, 9.17) is 18.9 Å². The first-order chi connectivity index (χ1) is 31.6. The van der Waals surface area contributed by atoms with Gasteiger partial charge in [-0.2, -0.15) is 0 Å². The third kappa shape index (κ3) is 49.7. The second-order valence-electron chi connectivity index (χ2n) is 16.9. The lowest BCUT2D eigenvalue weighted by Gasteiger charge is -2.09. The molecule has 0 radical (unpaired) electrons. The molecule has 0 bridgehead atoms. The minimum absolute atomic E-state index is 0.00290. The summed E-state index contributed by atoms with van der Waals surface area (Å²) in [7, 11) is 0. The van der Waals surface area contributed by atoms with Gasteiger partial charge in [-0.1, -0.05) is 102 Å². The van der Waals surface area contributed by atoms with Crippen LogP contribution in [0.1, 0.15) is 174 Å². The molecule has 0 heterocycles. The Morgan fingerprint density at radius 3 is 1.00 bits per heavy atom. The Morgan fingerprint density at radius 2 is 0.615 bits per heavy atom. The Balaban J connectivity index is 3.46. The molecule has 378 valence electrons. The van der Waals surface area contributed by atoms with Crippen LogP contribution < -0.4 is 31.9 Å². The fourth-order valence-electron chi connectivity index (χ4n) is 6.62. The predicted molar refractivity (Wildman–Crippen MR) is 257 cm³/mol. The molecular formula is C49H92N6O10. The van der Waals surface area contributed by atoms with Crippen molar-refractivity contribution in [1.82, 2.24) is 31.9 Å². The molecule has 0 aromatic carbocycles. The normalized spacial score (nSPS) is 10.9. The van der Waals surface area contributed by atoms with Gasteiger partial charge in [0, 0.05) is 65.0 Å². The van der Waals surface area contributed by atoms with Gasteiger partial charge in [-0.15, -0.1) is 6.58 Å². The van der Waals surface area contributed by atoms with Gasteiger partial charge in [-0.3, -0.25) is 28.8 Å². The number of hydrogen-bond acceptors (Lipinski definition) is 10. The largest absolute Gasteiger partial charge is 0.377 e. The van der Waals surface area contributed by atoms with Crippen LogP contribution in [0, 0.1) is 0 Å². The lowest BCUT2D eigenvalue weighted by atomic mass is 10.0. The molecule has 0 aromatic heterocycles. The third-order valence-corrected chi connectivity index (χ3v) is 10.4. The Morgan fingerprint density at radius 1 is 0.323 bits per heavy atom. The molecule has 0 saturated heterocycles. The van der Waals surface area contributed by atoms with Crippen LogP contribution in [-0.4, -0.2) is 128 Å². The number of amides is 6. The number of nitrogens with one attached hydrogen (secondary N) is 6. The summed E-state index contributed by atoms with van der Waals surface area (Å²) in [5.74, 6) is -0.721. The molecule has 16 heteroatoms. The van der Waals surface area contributed by atoms with Crippen molar-refractivity contribution in [2.75, 3.05) is 92.1 Å². The summed E-state index contributed by atoms with van der Waals surface area (Å²) >= 11 is 0. The smallest absolute Gasteiger partial charge is 0.246 e. The Kier molecular flexibility index (Phi) is 45.7. The van der Waals surface area contributed by atoms with Gasteiger partial charge in [-0.05, 0) is 51.9 Å². The van der Waals surface area contributed by atoms with E-state index in [0.29, 0.717) is 97.8 Å². The third-order valence-electron chi connectivity index (χ3n) is 10.4. The van der Waals surface area contributed by atoms with Gasteiger partial charge >= 0.3 is 0 Å². The molecule has 0 saturated carbocycles. The minimum Gasteiger partial charge on any atom is -0.377 e. The van der Waals surface area contributed by atoms with Gasteiger partial charge in [0.05, 0.1) is 39.6 Å². The number of allylic oxidation sites excluding steroid dienone is 1. The fraction of sp³-hybridized carbons (Fsp3) is 0.837. The van der Waals surface area contributed by atoms with E-state index < -0.39 is 0 Å². The van der Waals surface area contributed by atoms with E-state index in [-0.39, 0.29) is 74.7 Å². The van der Waals surface area contributed by atoms with Crippen LogP contribution in [0.5, 0.6) is 0 Å². The molecule has 0 fully saturated rings. The van der Waals surface area contributed by atoms with E-state index >= 15 is 0 Å². The summed E-state index contributed by atoms with van der Waals surface area (Å²) in [6.45, 7) is 12.4. The first-order valence-corrected chi connectivity index (χ1v) is 25.2. The van der Waals surface area contributed by atoms with Gasteiger partial charge in [-0.25, -0.2) is 0 Å². The number of carbonyl (C=O) groups excluding carboxylic acids is 6. The minimum atomic E-state index is -0.272. The second kappa shape index (κ2) is 48.3. The van der Waals surface area contributed by atoms with Crippen LogP contribution in [0.15, 0.2) is 12.2 Å². The molecule has 0 spiro atoms. The van der Waals surface area contributed by atoms with E-state index in [1.807, 2.05) is 0 Å². The molecule has 0 unspecified atom stereocenters. The fourth-order valence-corrected chi connectivity index (χ4v) is 6.62. The summed E-state index contributed by atoms with van der Waals surface area (Å²) in [5.41, 5.74) is 1.30. The number of rotatable bonds is 49. The molecule has 16 nitrogen and oxygen atoms in total. The summed E-state index contributed by atoms with van der Waals surface area (Å²) in [6.07, 6.45) is 25.1. The standard InChI is InChI=1S/C49H92N6O10/c1-4-5-20-29-53-48(60)41-64-39-38-63-36-34-55-49(61)42-65-40-37-62-35-33-54-47(59)28-23-32-52-46(58)27-22-31-51-45(57)26-21-30-50-44(56)25-19-17-15-13-11-9-7-6-8-10-12-14-16-18-24-43(2)3/h2,4-42H2,1,3H3,(H,50,56)(H,51,57)(H,52,58)(H,53,60)(H,54,59)(H,55,61). The Hall–Kier alpha value is -3.60. The van der Waals surface area contributed by atoms with E-state index in [1.54, 1.807) is 0 Å². The van der Waals surface area contributed by atoms with Gasteiger partial charge in [0.15, 0.2) is 0 Å². The van der Waals surface area contributed by atoms with E-state index in [9.17, 15) is 28.8 Å². The maximum atomic E-state index is 12.1. The number of carbonyl (C=O) groups is 6. The number of hydrogen-bond donors (Lipinski definition) is 6. The maximum Gasteiger partial charge on any atom is 0.246 e. The van der Waals surface area contributed by atoms with Crippen molar-refractivity contribution in [3.05, 3.63) is 12.2 Å². The van der Waals surface area contributed by atoms with Crippen molar-refractivity contribution in [3.8, 4) is 0 Å². The second-order valence-corrected chi connectivity index (χ2v) is 16.9. The predicted octanol–water partition coefficient (Wildman–Crippen LogP) is 6.10. The van der Waals surface area contributed by atoms with Gasteiger partial charge in [0.2, 0.25) is 35.4 Å². The molecule has 0 aliphatic heterocycles. The summed E-state index contributed by atoms with van der Waals surface area (Å²) in [6, 6.07) is 0. The van der Waals surface area contributed by atoms with E-state index in [2.05, 4.69) is 52.3 Å². The molecular weight excluding hydrogens is 833 g/mol. The molecule has 0 aromatic rings. The SMILES string of the molecule is C=C(C)CCCCCCCCCCCCCCCCC(=O)NCCCC(=O)NCCCC(=O)NCCCC(=O)NCCOCCOCC(=O)NCCOCCOCC(=O)NCCCCC. The van der Waals surface area contributed by atoms with Crippen LogP contribution in [0.2, 0.25) is 0 Å². The van der Waals surface area contributed by atoms with Gasteiger partial charge in [0.1, 0.15) is 13.2 Å². The van der Waals surface area contributed by atoms with Crippen LogP contribution in [0.25, 0.3) is 0 Å². The highest BCUT2D eigenvalue weighted by molar-refractivity contribution is 5.78. The maximum absolute atomic E-state index is 12.1. The molecule has 0 aliphatic rings. The summed E-state index contributed by atoms with van der Waals surface area (Å²) in [5, 5.41) is 16.8. The zero-order chi connectivity index (χ0) is 47.7. The lowest BCUT2D eigenvalue weighted by Crippen LogP contribution is -2.32.